The first-order valence-corrected chi connectivity index (χ1v) is 11.5. The van der Waals surface area contributed by atoms with E-state index in [1.54, 1.807) is 30.3 Å². The van der Waals surface area contributed by atoms with Gasteiger partial charge in [-0.05, 0) is 58.5 Å². The van der Waals surface area contributed by atoms with Crippen molar-refractivity contribution >= 4 is 41.1 Å². The van der Waals surface area contributed by atoms with Crippen molar-refractivity contribution in [1.82, 2.24) is 25.5 Å². The summed E-state index contributed by atoms with van der Waals surface area (Å²) >= 11 is 6.13. The molecule has 4 aromatic rings. The Hall–Kier alpha value is -4.83. The van der Waals surface area contributed by atoms with Crippen LogP contribution in [0.3, 0.4) is 0 Å². The van der Waals surface area contributed by atoms with E-state index in [9.17, 15) is 19.5 Å². The summed E-state index contributed by atoms with van der Waals surface area (Å²) < 4.78 is 1.44. The number of carboxylic acid groups (broad SMARTS) is 1. The van der Waals surface area contributed by atoms with Crippen LogP contribution in [-0.4, -0.2) is 49.1 Å². The molecule has 1 atom stereocenters. The fraction of sp³-hybridized carbons (Fsp3) is 0.0769. The number of tetrazole rings is 1. The zero-order valence-electron chi connectivity index (χ0n) is 19.3. The van der Waals surface area contributed by atoms with E-state index in [2.05, 4.69) is 26.2 Å². The average Bonchev–Trinajstić information content (AvgIpc) is 3.43. The molecule has 11 heteroatoms. The molecule has 1 heterocycles. The number of anilines is 1. The Morgan fingerprint density at radius 2 is 1.84 bits per heavy atom. The van der Waals surface area contributed by atoms with Gasteiger partial charge in [0.15, 0.2) is 0 Å². The molecular formula is C26H21ClN6O4. The minimum Gasteiger partial charge on any atom is -0.478 e. The number of carboxylic acids is 1. The molecule has 0 spiro atoms. The molecular weight excluding hydrogens is 496 g/mol. The fourth-order valence-electron chi connectivity index (χ4n) is 3.54. The van der Waals surface area contributed by atoms with Crippen LogP contribution in [0.1, 0.15) is 21.5 Å². The van der Waals surface area contributed by atoms with Crippen molar-refractivity contribution in [3.63, 3.8) is 0 Å². The van der Waals surface area contributed by atoms with Crippen molar-refractivity contribution in [2.75, 3.05) is 5.32 Å². The maximum atomic E-state index is 13.1. The zero-order chi connectivity index (χ0) is 26.2. The highest BCUT2D eigenvalue weighted by Gasteiger charge is 2.21. The summed E-state index contributed by atoms with van der Waals surface area (Å²) in [6.07, 6.45) is 4.47. The lowest BCUT2D eigenvalue weighted by molar-refractivity contribution is -0.123. The van der Waals surface area contributed by atoms with Crippen molar-refractivity contribution in [2.24, 2.45) is 0 Å². The van der Waals surface area contributed by atoms with Gasteiger partial charge in [-0.2, -0.15) is 4.68 Å². The zero-order valence-corrected chi connectivity index (χ0v) is 20.0. The van der Waals surface area contributed by atoms with Crippen molar-refractivity contribution in [1.29, 1.82) is 0 Å². The minimum absolute atomic E-state index is 0.0317. The Labute approximate surface area is 216 Å². The topological polar surface area (TPSA) is 139 Å². The highest BCUT2D eigenvalue weighted by Crippen LogP contribution is 2.20. The first-order valence-electron chi connectivity index (χ1n) is 11.1. The number of hydrogen-bond donors (Lipinski definition) is 3. The molecule has 1 aromatic heterocycles. The number of carbonyl (C=O) groups excluding carboxylic acids is 2. The molecule has 1 unspecified atom stereocenters. The van der Waals surface area contributed by atoms with Crippen LogP contribution in [0, 0.1) is 0 Å². The maximum Gasteiger partial charge on any atom is 0.335 e. The van der Waals surface area contributed by atoms with Crippen LogP contribution in [0.15, 0.2) is 85.2 Å². The standard InChI is InChI=1S/C26H21ClN6O4/c27-20-10-11-23(33-16-28-31-32-33)18(14-20)9-12-24(34)30-22(13-17-5-2-1-3-6-17)25(35)29-21-8-4-7-19(15-21)26(36)37/h1-12,14-16,22H,13H2,(H,29,35)(H,30,34)(H,36,37)/b12-9+. The fourth-order valence-corrected chi connectivity index (χ4v) is 3.72. The normalized spacial score (nSPS) is 11.7. The number of amides is 2. The number of nitrogens with one attached hydrogen (secondary N) is 2. The van der Waals surface area contributed by atoms with Gasteiger partial charge >= 0.3 is 5.97 Å². The van der Waals surface area contributed by atoms with Gasteiger partial charge in [-0.25, -0.2) is 4.79 Å². The van der Waals surface area contributed by atoms with Gasteiger partial charge in [0.25, 0.3) is 0 Å². The number of benzene rings is 3. The minimum atomic E-state index is -1.11. The van der Waals surface area contributed by atoms with Crippen LogP contribution in [0.4, 0.5) is 5.69 Å². The van der Waals surface area contributed by atoms with Gasteiger partial charge in [0.05, 0.1) is 11.3 Å². The van der Waals surface area contributed by atoms with E-state index >= 15 is 0 Å². The van der Waals surface area contributed by atoms with E-state index < -0.39 is 23.8 Å². The van der Waals surface area contributed by atoms with E-state index in [1.807, 2.05) is 30.3 Å². The van der Waals surface area contributed by atoms with Crippen LogP contribution in [-0.2, 0) is 16.0 Å². The molecule has 0 saturated carbocycles. The first-order chi connectivity index (χ1) is 17.9. The Kier molecular flexibility index (Phi) is 8.01. The van der Waals surface area contributed by atoms with Crippen LogP contribution in [0.2, 0.25) is 5.02 Å². The van der Waals surface area contributed by atoms with Crippen LogP contribution in [0.25, 0.3) is 11.8 Å². The summed E-state index contributed by atoms with van der Waals surface area (Å²) in [6, 6.07) is 19.2. The summed E-state index contributed by atoms with van der Waals surface area (Å²) in [6.45, 7) is 0. The molecule has 2 amide bonds. The number of hydrogen-bond acceptors (Lipinski definition) is 6. The first kappa shape index (κ1) is 25.3. The second kappa shape index (κ2) is 11.7. The summed E-state index contributed by atoms with van der Waals surface area (Å²) in [5.74, 6) is -2.12. The molecule has 186 valence electrons. The highest BCUT2D eigenvalue weighted by molar-refractivity contribution is 6.30. The van der Waals surface area contributed by atoms with E-state index in [4.69, 9.17) is 11.6 Å². The molecule has 0 fully saturated rings. The molecule has 0 aliphatic heterocycles. The molecule has 10 nitrogen and oxygen atoms in total. The SMILES string of the molecule is O=C(/C=C/c1cc(Cl)ccc1-n1cnnn1)NC(Cc1ccccc1)C(=O)Nc1cccc(C(=O)O)c1. The smallest absolute Gasteiger partial charge is 0.335 e. The molecule has 3 N–H and O–H groups in total. The summed E-state index contributed by atoms with van der Waals surface area (Å²) in [4.78, 5) is 37.3. The number of aromatic carboxylic acids is 1. The third-order valence-electron chi connectivity index (χ3n) is 5.29. The van der Waals surface area contributed by atoms with Crippen molar-refractivity contribution in [3.8, 4) is 5.69 Å². The number of nitrogens with zero attached hydrogens (tertiary/aromatic N) is 4. The van der Waals surface area contributed by atoms with Gasteiger partial charge in [-0.15, -0.1) is 5.10 Å². The van der Waals surface area contributed by atoms with Crippen molar-refractivity contribution in [3.05, 3.63) is 107 Å². The second-order valence-electron chi connectivity index (χ2n) is 7.92. The third kappa shape index (κ3) is 6.86. The molecule has 0 saturated heterocycles. The lowest BCUT2D eigenvalue weighted by atomic mass is 10.0. The average molecular weight is 517 g/mol. The van der Waals surface area contributed by atoms with E-state index in [1.165, 1.54) is 35.3 Å². The molecule has 3 aromatic carbocycles. The van der Waals surface area contributed by atoms with Crippen LogP contribution < -0.4 is 10.6 Å². The van der Waals surface area contributed by atoms with Gasteiger partial charge in [-0.3, -0.25) is 9.59 Å². The van der Waals surface area contributed by atoms with Gasteiger partial charge < -0.3 is 15.7 Å². The van der Waals surface area contributed by atoms with E-state index in [0.29, 0.717) is 22.0 Å². The van der Waals surface area contributed by atoms with Gasteiger partial charge in [-0.1, -0.05) is 48.0 Å². The summed E-state index contributed by atoms with van der Waals surface area (Å²) in [7, 11) is 0. The highest BCUT2D eigenvalue weighted by atomic mass is 35.5. The molecule has 0 bridgehead atoms. The van der Waals surface area contributed by atoms with Gasteiger partial charge in [0, 0.05) is 28.8 Å². The second-order valence-corrected chi connectivity index (χ2v) is 8.35. The number of rotatable bonds is 9. The van der Waals surface area contributed by atoms with Crippen LogP contribution in [0.5, 0.6) is 0 Å². The monoisotopic (exact) mass is 516 g/mol. The van der Waals surface area contributed by atoms with Crippen molar-refractivity contribution < 1.29 is 19.5 Å². The van der Waals surface area contributed by atoms with E-state index in [0.717, 1.165) is 5.56 Å². The Morgan fingerprint density at radius 3 is 2.57 bits per heavy atom. The molecule has 37 heavy (non-hydrogen) atoms. The molecule has 0 aliphatic rings. The quantitative estimate of drug-likeness (QED) is 0.290. The number of halogens is 1. The molecule has 4 rings (SSSR count). The number of carbonyl (C=O) groups is 3. The Morgan fingerprint density at radius 1 is 1.03 bits per heavy atom. The molecule has 0 aliphatic carbocycles. The Balaban J connectivity index is 1.53. The third-order valence-corrected chi connectivity index (χ3v) is 5.53. The predicted molar refractivity (Wildman–Crippen MR) is 137 cm³/mol. The largest absolute Gasteiger partial charge is 0.478 e. The lowest BCUT2D eigenvalue weighted by Gasteiger charge is -2.18. The number of aromatic nitrogens is 4. The molecule has 0 radical (unpaired) electrons. The van der Waals surface area contributed by atoms with Crippen molar-refractivity contribution in [2.45, 2.75) is 12.5 Å². The van der Waals surface area contributed by atoms with Crippen LogP contribution >= 0.6 is 11.6 Å². The van der Waals surface area contributed by atoms with E-state index in [-0.39, 0.29) is 12.0 Å². The van der Waals surface area contributed by atoms with Gasteiger partial charge in [0.1, 0.15) is 12.4 Å². The van der Waals surface area contributed by atoms with Gasteiger partial charge in [0.2, 0.25) is 11.8 Å². The summed E-state index contributed by atoms with van der Waals surface area (Å²) in [5.41, 5.74) is 2.36. The summed E-state index contributed by atoms with van der Waals surface area (Å²) in [5, 5.41) is 26.2. The lowest BCUT2D eigenvalue weighted by Crippen LogP contribution is -2.44. The maximum absolute atomic E-state index is 13.1. The Bertz CT molecular complexity index is 1440. The predicted octanol–water partition coefficient (Wildman–Crippen LogP) is 3.39.